The Hall–Kier alpha value is -0.610. The van der Waals surface area contributed by atoms with Crippen molar-refractivity contribution in [1.29, 1.82) is 0 Å². The van der Waals surface area contributed by atoms with E-state index in [0.717, 1.165) is 25.4 Å². The van der Waals surface area contributed by atoms with E-state index in [9.17, 15) is 4.79 Å². The van der Waals surface area contributed by atoms with Crippen LogP contribution < -0.4 is 0 Å². The maximum atomic E-state index is 12.9. The van der Waals surface area contributed by atoms with Crippen molar-refractivity contribution in [2.45, 2.75) is 95.9 Å². The van der Waals surface area contributed by atoms with Crippen LogP contribution >= 0.6 is 0 Å². The molecule has 132 valence electrons. The van der Waals surface area contributed by atoms with Gasteiger partial charge in [0, 0.05) is 18.7 Å². The number of amides is 1. The molecule has 0 bridgehead atoms. The highest BCUT2D eigenvalue weighted by atomic mass is 16.5. The highest BCUT2D eigenvalue weighted by Crippen LogP contribution is 2.35. The third kappa shape index (κ3) is 4.69. The molecule has 4 heteroatoms. The van der Waals surface area contributed by atoms with Gasteiger partial charge in [-0.05, 0) is 70.6 Å². The quantitative estimate of drug-likeness (QED) is 0.750. The highest BCUT2D eigenvalue weighted by molar-refractivity contribution is 5.81. The number of hydrogen-bond donors (Lipinski definition) is 0. The van der Waals surface area contributed by atoms with Gasteiger partial charge in [0.2, 0.25) is 0 Å². The summed E-state index contributed by atoms with van der Waals surface area (Å²) in [5.41, 5.74) is 0. The smallest absolute Gasteiger partial charge is 0.251 e. The van der Waals surface area contributed by atoms with Crippen LogP contribution in [-0.2, 0) is 14.3 Å². The van der Waals surface area contributed by atoms with Crippen molar-refractivity contribution < 1.29 is 14.3 Å². The first-order valence-electron chi connectivity index (χ1n) is 9.70. The van der Waals surface area contributed by atoms with Gasteiger partial charge in [0.25, 0.3) is 5.91 Å². The third-order valence-corrected chi connectivity index (χ3v) is 5.73. The van der Waals surface area contributed by atoms with E-state index in [-0.39, 0.29) is 18.1 Å². The summed E-state index contributed by atoms with van der Waals surface area (Å²) in [4.78, 5) is 15.1. The van der Waals surface area contributed by atoms with Crippen molar-refractivity contribution >= 4 is 5.91 Å². The van der Waals surface area contributed by atoms with Crippen LogP contribution in [0.1, 0.15) is 71.6 Å². The van der Waals surface area contributed by atoms with Crippen molar-refractivity contribution in [3.05, 3.63) is 0 Å². The Bertz CT molecular complexity index is 382. The maximum Gasteiger partial charge on any atom is 0.251 e. The summed E-state index contributed by atoms with van der Waals surface area (Å²) in [6.45, 7) is 5.65. The largest absolute Gasteiger partial charge is 0.376 e. The lowest BCUT2D eigenvalue weighted by Crippen LogP contribution is -2.48. The average molecular weight is 323 g/mol. The van der Waals surface area contributed by atoms with E-state index >= 15 is 0 Å². The van der Waals surface area contributed by atoms with Crippen molar-refractivity contribution in [3.63, 3.8) is 0 Å². The summed E-state index contributed by atoms with van der Waals surface area (Å²) in [6.07, 6.45) is 10.5. The molecule has 1 amide bonds. The molecule has 1 saturated heterocycles. The van der Waals surface area contributed by atoms with E-state index in [0.29, 0.717) is 18.7 Å². The van der Waals surface area contributed by atoms with Gasteiger partial charge in [-0.25, -0.2) is 0 Å². The molecule has 2 aliphatic carbocycles. The van der Waals surface area contributed by atoms with Crippen molar-refractivity contribution in [3.8, 4) is 0 Å². The minimum Gasteiger partial charge on any atom is -0.376 e. The van der Waals surface area contributed by atoms with Crippen LogP contribution in [0.25, 0.3) is 0 Å². The molecule has 1 heterocycles. The van der Waals surface area contributed by atoms with Crippen molar-refractivity contribution in [2.75, 3.05) is 13.2 Å². The molecule has 0 radical (unpaired) electrons. The standard InChI is InChI=1S/C19H33NO3/c1-14-6-8-16(9-7-14)20(17-10-11-17)19(21)15(2)23-13-18-5-3-4-12-22-18/h14-18H,3-13H2,1-2H3. The van der Waals surface area contributed by atoms with Crippen LogP contribution in [0.15, 0.2) is 0 Å². The minimum atomic E-state index is -0.333. The van der Waals surface area contributed by atoms with E-state index in [4.69, 9.17) is 9.47 Å². The molecule has 0 spiro atoms. The molecule has 2 unspecified atom stereocenters. The predicted octanol–water partition coefficient (Wildman–Crippen LogP) is 3.53. The summed E-state index contributed by atoms with van der Waals surface area (Å²) in [7, 11) is 0. The molecule has 4 nitrogen and oxygen atoms in total. The number of hydrogen-bond acceptors (Lipinski definition) is 3. The lowest BCUT2D eigenvalue weighted by molar-refractivity contribution is -0.150. The molecule has 0 aromatic rings. The van der Waals surface area contributed by atoms with Crippen LogP contribution in [0.2, 0.25) is 0 Å². The van der Waals surface area contributed by atoms with E-state index in [2.05, 4.69) is 11.8 Å². The second-order valence-corrected chi connectivity index (χ2v) is 7.85. The summed E-state index contributed by atoms with van der Waals surface area (Å²) in [6, 6.07) is 0.932. The molecule has 2 saturated carbocycles. The molecule has 0 N–H and O–H groups in total. The second kappa shape index (κ2) is 7.98. The summed E-state index contributed by atoms with van der Waals surface area (Å²) in [5, 5.41) is 0. The zero-order chi connectivity index (χ0) is 16.2. The van der Waals surface area contributed by atoms with Gasteiger partial charge in [-0.1, -0.05) is 6.92 Å². The van der Waals surface area contributed by atoms with E-state index in [1.807, 2.05) is 6.92 Å². The Morgan fingerprint density at radius 1 is 1.09 bits per heavy atom. The van der Waals surface area contributed by atoms with Crippen LogP contribution in [0, 0.1) is 5.92 Å². The molecule has 3 aliphatic rings. The molecular weight excluding hydrogens is 290 g/mol. The highest BCUT2D eigenvalue weighted by Gasteiger charge is 2.40. The third-order valence-electron chi connectivity index (χ3n) is 5.73. The first kappa shape index (κ1) is 17.2. The fourth-order valence-corrected chi connectivity index (χ4v) is 4.00. The van der Waals surface area contributed by atoms with Crippen LogP contribution in [0.4, 0.5) is 0 Å². The molecular formula is C19H33NO3. The second-order valence-electron chi connectivity index (χ2n) is 7.85. The molecule has 0 aromatic carbocycles. The predicted molar refractivity (Wildman–Crippen MR) is 90.3 cm³/mol. The van der Waals surface area contributed by atoms with Crippen LogP contribution in [0.3, 0.4) is 0 Å². The van der Waals surface area contributed by atoms with Crippen molar-refractivity contribution in [1.82, 2.24) is 4.90 Å². The minimum absolute atomic E-state index is 0.184. The first-order valence-corrected chi connectivity index (χ1v) is 9.70. The Labute approximate surface area is 140 Å². The van der Waals surface area contributed by atoms with Gasteiger partial charge in [-0.15, -0.1) is 0 Å². The average Bonchev–Trinajstić information content (AvgIpc) is 3.40. The fourth-order valence-electron chi connectivity index (χ4n) is 4.00. The zero-order valence-electron chi connectivity index (χ0n) is 14.8. The van der Waals surface area contributed by atoms with E-state index in [1.165, 1.54) is 44.9 Å². The Morgan fingerprint density at radius 2 is 1.74 bits per heavy atom. The molecule has 23 heavy (non-hydrogen) atoms. The first-order chi connectivity index (χ1) is 11.1. The monoisotopic (exact) mass is 323 g/mol. The maximum absolute atomic E-state index is 12.9. The number of rotatable bonds is 6. The number of carbonyl (C=O) groups excluding carboxylic acids is 1. The van der Waals surface area contributed by atoms with Gasteiger partial charge in [-0.3, -0.25) is 4.79 Å². The molecule has 3 fully saturated rings. The molecule has 2 atom stereocenters. The van der Waals surface area contributed by atoms with Crippen LogP contribution in [-0.4, -0.2) is 48.3 Å². The van der Waals surface area contributed by atoms with Gasteiger partial charge in [-0.2, -0.15) is 0 Å². The van der Waals surface area contributed by atoms with Gasteiger partial charge < -0.3 is 14.4 Å². The number of nitrogens with zero attached hydrogens (tertiary/aromatic N) is 1. The molecule has 1 aliphatic heterocycles. The topological polar surface area (TPSA) is 38.8 Å². The lowest BCUT2D eigenvalue weighted by atomic mass is 9.86. The lowest BCUT2D eigenvalue weighted by Gasteiger charge is -2.38. The summed E-state index contributed by atoms with van der Waals surface area (Å²) in [5.74, 6) is 1.03. The van der Waals surface area contributed by atoms with Crippen LogP contribution in [0.5, 0.6) is 0 Å². The van der Waals surface area contributed by atoms with E-state index in [1.54, 1.807) is 0 Å². The Morgan fingerprint density at radius 3 is 2.30 bits per heavy atom. The molecule has 0 aromatic heterocycles. The number of carbonyl (C=O) groups is 1. The summed E-state index contributed by atoms with van der Waals surface area (Å²) < 4.78 is 11.6. The van der Waals surface area contributed by atoms with Gasteiger partial charge >= 0.3 is 0 Å². The number of ether oxygens (including phenoxy) is 2. The Kier molecular flexibility index (Phi) is 5.97. The zero-order valence-corrected chi connectivity index (χ0v) is 14.8. The van der Waals surface area contributed by atoms with E-state index < -0.39 is 0 Å². The van der Waals surface area contributed by atoms with Gasteiger partial charge in [0.15, 0.2) is 0 Å². The normalized spacial score (nSPS) is 33.2. The molecule has 3 rings (SSSR count). The van der Waals surface area contributed by atoms with Gasteiger partial charge in [0.05, 0.1) is 12.7 Å². The summed E-state index contributed by atoms with van der Waals surface area (Å²) >= 11 is 0. The van der Waals surface area contributed by atoms with Crippen molar-refractivity contribution in [2.24, 2.45) is 5.92 Å². The fraction of sp³-hybridized carbons (Fsp3) is 0.947. The Balaban J connectivity index is 1.50. The SMILES string of the molecule is CC1CCC(N(C(=O)C(C)OCC2CCCCO2)C2CC2)CC1. The van der Waals surface area contributed by atoms with Gasteiger partial charge in [0.1, 0.15) is 6.10 Å².